The number of cyclic esters (lactones) is 1. The zero-order valence-electron chi connectivity index (χ0n) is 40.4. The number of aromatic nitrogens is 3. The summed E-state index contributed by atoms with van der Waals surface area (Å²) in [6.45, 7) is 16.0. The number of aryl methyl sites for hydroxylation is 1. The Morgan fingerprint density at radius 1 is 1.01 bits per heavy atom. The summed E-state index contributed by atoms with van der Waals surface area (Å²) < 4.78 is 8.44. The summed E-state index contributed by atoms with van der Waals surface area (Å²) in [5.41, 5.74) is 10.8. The Morgan fingerprint density at radius 3 is 2.49 bits per heavy atom. The fraction of sp³-hybridized carbons (Fsp3) is 0.453. The summed E-state index contributed by atoms with van der Waals surface area (Å²) in [7, 11) is 1.53. The number of pyridine rings is 2. The van der Waals surface area contributed by atoms with Crippen molar-refractivity contribution < 1.29 is 33.8 Å². The topological polar surface area (TPSA) is 198 Å². The minimum atomic E-state index is -1.18. The van der Waals surface area contributed by atoms with Crippen LogP contribution < -0.4 is 16.1 Å². The lowest BCUT2D eigenvalue weighted by molar-refractivity contribution is -0.155. The minimum Gasteiger partial charge on any atom is -0.508 e. The molecule has 15 nitrogen and oxygen atoms in total. The van der Waals surface area contributed by atoms with Gasteiger partial charge in [-0.2, -0.15) is 0 Å². The number of fused-ring (bicyclic) bond motifs is 6. The van der Waals surface area contributed by atoms with Crippen LogP contribution in [0, 0.1) is 11.3 Å². The lowest BCUT2D eigenvalue weighted by Gasteiger charge is -2.36. The Morgan fingerprint density at radius 2 is 1.79 bits per heavy atom. The fourth-order valence-corrected chi connectivity index (χ4v) is 9.85. The molecule has 3 aliphatic heterocycles. The number of rotatable bonds is 11. The van der Waals surface area contributed by atoms with Gasteiger partial charge in [0.1, 0.15) is 29.6 Å². The van der Waals surface area contributed by atoms with E-state index in [1.54, 1.807) is 24.3 Å². The van der Waals surface area contributed by atoms with Gasteiger partial charge in [0.15, 0.2) is 5.78 Å². The van der Waals surface area contributed by atoms with E-state index in [0.717, 1.165) is 44.5 Å². The van der Waals surface area contributed by atoms with Crippen molar-refractivity contribution in [2.24, 2.45) is 11.3 Å². The lowest BCUT2D eigenvalue weighted by Crippen LogP contribution is -2.62. The van der Waals surface area contributed by atoms with E-state index in [1.165, 1.54) is 23.2 Å². The number of likely N-dealkylation sites (N-methyl/N-ethyl adjacent to an activating group) is 1. The van der Waals surface area contributed by atoms with Crippen molar-refractivity contribution in [3.8, 4) is 28.1 Å². The quantitative estimate of drug-likeness (QED) is 0.0877. The summed E-state index contributed by atoms with van der Waals surface area (Å²) >= 11 is 0. The molecule has 3 aliphatic rings. The van der Waals surface area contributed by atoms with Gasteiger partial charge in [0.25, 0.3) is 11.8 Å². The van der Waals surface area contributed by atoms with Gasteiger partial charge < -0.3 is 29.9 Å². The second-order valence-electron chi connectivity index (χ2n) is 20.1. The van der Waals surface area contributed by atoms with Gasteiger partial charge in [-0.05, 0) is 108 Å². The van der Waals surface area contributed by atoms with Crippen LogP contribution in [-0.2, 0) is 49.7 Å². The van der Waals surface area contributed by atoms with Gasteiger partial charge in [0.2, 0.25) is 5.91 Å². The Hall–Kier alpha value is -6.45. The number of carbonyl (C=O) groups excluding carboxylic acids is 5. The van der Waals surface area contributed by atoms with Gasteiger partial charge in [-0.25, -0.2) is 5.43 Å². The van der Waals surface area contributed by atoms with Crippen LogP contribution in [0.1, 0.15) is 100 Å². The van der Waals surface area contributed by atoms with Crippen molar-refractivity contribution in [3.63, 3.8) is 0 Å². The number of nitrogens with zero attached hydrogens (tertiary/aromatic N) is 5. The number of hydrogen-bond acceptors (Lipinski definition) is 11. The largest absolute Gasteiger partial charge is 0.508 e. The second-order valence-corrected chi connectivity index (χ2v) is 20.1. The molecule has 0 radical (unpaired) electrons. The van der Waals surface area contributed by atoms with Gasteiger partial charge in [-0.3, -0.25) is 38.9 Å². The molecular formula is C53H64N8O7. The van der Waals surface area contributed by atoms with Gasteiger partial charge in [-0.15, -0.1) is 0 Å². The van der Waals surface area contributed by atoms with Gasteiger partial charge in [-0.1, -0.05) is 59.7 Å². The highest BCUT2D eigenvalue weighted by molar-refractivity contribution is 5.98. The molecule has 3 aromatic heterocycles. The van der Waals surface area contributed by atoms with E-state index in [1.807, 2.05) is 38.2 Å². The number of phenolic OH excluding ortho intramolecular Hbond substituents is 1. The van der Waals surface area contributed by atoms with E-state index in [4.69, 9.17) is 9.72 Å². The molecule has 15 heteroatoms. The predicted octanol–water partition coefficient (Wildman–Crippen LogP) is 6.14. The van der Waals surface area contributed by atoms with Crippen molar-refractivity contribution >= 4 is 40.4 Å². The van der Waals surface area contributed by atoms with Crippen LogP contribution in [-0.4, -0.2) is 110 Å². The summed E-state index contributed by atoms with van der Waals surface area (Å²) in [4.78, 5) is 80.0. The molecule has 8 rings (SSSR count). The Balaban J connectivity index is 1.17. The fourth-order valence-electron chi connectivity index (χ4n) is 9.85. The number of benzene rings is 2. The number of phenols is 1. The summed E-state index contributed by atoms with van der Waals surface area (Å²) in [6, 6.07) is 15.7. The number of esters is 1. The third-order valence-corrected chi connectivity index (χ3v) is 13.3. The smallest absolute Gasteiger partial charge is 0.324 e. The highest BCUT2D eigenvalue weighted by atomic mass is 16.5. The standard InChI is InChI=1S/C53H64N8O7/c1-9-60-44-17-15-34-25-38(44)39(48(60)37-12-10-18-54-46(37)30(2)3)26-53(6,7)29-68-52(67)41-13-11-19-61(58-41)51(66)42(22-33-20-35(34)24-36(62)21-33)57-49(64)47(31(4)5)59(8)50(65)40-16-14-32(27-55-40)23-45(63)43-28-56-43/h10,12,14-18,20-21,24-25,27,30-31,41-43,47,56,58,62H,9,11,13,19,22-23,26,28-29H2,1-8H3,(H,57,64)/t41-,42-,43-,47-/m0/s1. The Kier molecular flexibility index (Phi) is 13.9. The van der Waals surface area contributed by atoms with E-state index in [9.17, 15) is 29.1 Å². The molecule has 358 valence electrons. The zero-order valence-corrected chi connectivity index (χ0v) is 40.4. The Labute approximate surface area is 398 Å². The predicted molar refractivity (Wildman–Crippen MR) is 259 cm³/mol. The number of aromatic hydroxyl groups is 1. The summed E-state index contributed by atoms with van der Waals surface area (Å²) in [6.07, 6.45) is 5.04. The number of ketones is 1. The van der Waals surface area contributed by atoms with Crippen LogP contribution in [0.4, 0.5) is 0 Å². The van der Waals surface area contributed by atoms with Crippen molar-refractivity contribution in [3.05, 3.63) is 101 Å². The minimum absolute atomic E-state index is 0.00831. The number of hydrogen-bond donors (Lipinski definition) is 4. The highest BCUT2D eigenvalue weighted by Crippen LogP contribution is 2.42. The van der Waals surface area contributed by atoms with E-state index in [0.29, 0.717) is 43.5 Å². The molecule has 2 fully saturated rings. The highest BCUT2D eigenvalue weighted by Gasteiger charge is 2.38. The van der Waals surface area contributed by atoms with Gasteiger partial charge in [0.05, 0.1) is 24.0 Å². The lowest BCUT2D eigenvalue weighted by atomic mass is 9.83. The maximum Gasteiger partial charge on any atom is 0.324 e. The molecule has 5 aromatic rings. The number of ether oxygens (including phenoxy) is 1. The molecule has 2 aromatic carbocycles. The molecule has 4 atom stereocenters. The van der Waals surface area contributed by atoms with Crippen molar-refractivity contribution in [1.82, 2.24) is 40.5 Å². The van der Waals surface area contributed by atoms with Crippen LogP contribution in [0.25, 0.3) is 33.3 Å². The third-order valence-electron chi connectivity index (χ3n) is 13.3. The maximum absolute atomic E-state index is 14.7. The first-order valence-electron chi connectivity index (χ1n) is 23.9. The second kappa shape index (κ2) is 19.6. The molecule has 0 unspecified atom stereocenters. The molecule has 0 spiro atoms. The SMILES string of the molecule is CCn1c(-c2cccnc2C(C)C)c2c3cc(ccc31)-c1cc(O)cc(c1)C[C@H](NC(=O)[C@H](C(C)C)N(C)C(=O)c1ccc(CC(=O)[C@@H]3CN3)cn1)C(=O)N1CCC[C@H](N1)C(=O)OCC(C)(C)C2. The number of amides is 3. The van der Waals surface area contributed by atoms with Crippen molar-refractivity contribution in [2.75, 3.05) is 26.7 Å². The van der Waals surface area contributed by atoms with E-state index in [2.05, 4.69) is 78.4 Å². The summed E-state index contributed by atoms with van der Waals surface area (Å²) in [5, 5.41) is 19.7. The summed E-state index contributed by atoms with van der Waals surface area (Å²) in [5.74, 6) is -2.20. The molecule has 6 heterocycles. The number of carbonyl (C=O) groups is 5. The van der Waals surface area contributed by atoms with Crippen LogP contribution in [0.3, 0.4) is 0 Å². The molecular weight excluding hydrogens is 861 g/mol. The monoisotopic (exact) mass is 924 g/mol. The zero-order chi connectivity index (χ0) is 48.6. The molecule has 3 amide bonds. The van der Waals surface area contributed by atoms with Crippen LogP contribution in [0.2, 0.25) is 0 Å². The van der Waals surface area contributed by atoms with Gasteiger partial charge >= 0.3 is 5.97 Å². The molecule has 0 aliphatic carbocycles. The van der Waals surface area contributed by atoms with Crippen molar-refractivity contribution in [1.29, 1.82) is 0 Å². The average molecular weight is 925 g/mol. The van der Waals surface area contributed by atoms with Crippen molar-refractivity contribution in [2.45, 2.75) is 117 Å². The molecule has 2 saturated heterocycles. The number of nitrogens with one attached hydrogen (secondary N) is 3. The van der Waals surface area contributed by atoms with E-state index >= 15 is 0 Å². The normalized spacial score (nSPS) is 19.9. The molecule has 0 saturated carbocycles. The number of hydrazine groups is 1. The van der Waals surface area contributed by atoms with Crippen LogP contribution in [0.5, 0.6) is 5.75 Å². The molecule has 4 N–H and O–H groups in total. The molecule has 6 bridgehead atoms. The van der Waals surface area contributed by atoms with E-state index < -0.39 is 47.2 Å². The third kappa shape index (κ3) is 10.2. The van der Waals surface area contributed by atoms with Crippen LogP contribution in [0.15, 0.2) is 73.1 Å². The average Bonchev–Trinajstić information content (AvgIpc) is 4.13. The number of Topliss-reactive ketones (excluding diaryl/α,β-unsaturated/α-hetero) is 1. The molecule has 68 heavy (non-hydrogen) atoms. The first-order valence-corrected chi connectivity index (χ1v) is 23.9. The van der Waals surface area contributed by atoms with Gasteiger partial charge in [0, 0.05) is 73.8 Å². The first-order chi connectivity index (χ1) is 32.4. The van der Waals surface area contributed by atoms with E-state index in [-0.39, 0.29) is 61.1 Å². The first kappa shape index (κ1) is 48.0. The Bertz CT molecular complexity index is 2740. The maximum atomic E-state index is 14.7. The van der Waals surface area contributed by atoms with Crippen LogP contribution >= 0.6 is 0 Å².